The van der Waals surface area contributed by atoms with Crippen LogP contribution in [0.4, 0.5) is 0 Å². The number of carbonyl (C=O) groups is 1. The average molecular weight is 439 g/mol. The zero-order valence-electron chi connectivity index (χ0n) is 8.76. The fraction of sp³-hybridized carbons (Fsp3) is 0.0833. The fourth-order valence-corrected chi connectivity index (χ4v) is 4.19. The molecule has 1 nitrogen and oxygen atoms in total. The molecule has 0 N–H and O–H groups in total. The lowest BCUT2D eigenvalue weighted by Gasteiger charge is -2.00. The van der Waals surface area contributed by atoms with Crippen LogP contribution in [0.3, 0.4) is 0 Å². The summed E-state index contributed by atoms with van der Waals surface area (Å²) in [7, 11) is 0. The van der Waals surface area contributed by atoms with E-state index in [0.717, 1.165) is 23.2 Å². The van der Waals surface area contributed by atoms with Gasteiger partial charge in [-0.05, 0) is 52.7 Å². The number of rotatable bonds is 2. The van der Waals surface area contributed by atoms with E-state index in [1.807, 2.05) is 31.2 Å². The zero-order chi connectivity index (χ0) is 12.6. The Morgan fingerprint density at radius 1 is 1.06 bits per heavy atom. The molecule has 17 heavy (non-hydrogen) atoms. The molecule has 88 valence electrons. The first-order valence-corrected chi connectivity index (χ1v) is 7.93. The van der Waals surface area contributed by atoms with Gasteiger partial charge in [0.1, 0.15) is 0 Å². The molecule has 0 aliphatic heterocycles. The highest BCUT2D eigenvalue weighted by Gasteiger charge is 2.14. The van der Waals surface area contributed by atoms with Crippen LogP contribution in [0.5, 0.6) is 0 Å². The summed E-state index contributed by atoms with van der Waals surface area (Å²) in [5.41, 5.74) is 1.77. The number of halogens is 3. The van der Waals surface area contributed by atoms with Crippen molar-refractivity contribution >= 4 is 64.9 Å². The molecule has 0 saturated carbocycles. The molecular weight excluding hydrogens is 432 g/mol. The Hall–Kier alpha value is 0.0300. The summed E-state index contributed by atoms with van der Waals surface area (Å²) < 4.78 is 2.79. The van der Waals surface area contributed by atoms with Gasteiger partial charge in [-0.1, -0.05) is 31.9 Å². The highest BCUT2D eigenvalue weighted by molar-refractivity contribution is 9.11. The van der Waals surface area contributed by atoms with Gasteiger partial charge in [-0.3, -0.25) is 4.79 Å². The van der Waals surface area contributed by atoms with Crippen molar-refractivity contribution in [2.24, 2.45) is 0 Å². The summed E-state index contributed by atoms with van der Waals surface area (Å²) >= 11 is 11.7. The third-order valence-electron chi connectivity index (χ3n) is 2.21. The van der Waals surface area contributed by atoms with Gasteiger partial charge in [-0.15, -0.1) is 11.3 Å². The van der Waals surface area contributed by atoms with Crippen molar-refractivity contribution in [2.75, 3.05) is 0 Å². The number of hydrogen-bond acceptors (Lipinski definition) is 2. The van der Waals surface area contributed by atoms with Crippen molar-refractivity contribution in [1.29, 1.82) is 0 Å². The first kappa shape index (κ1) is 13.5. The second kappa shape index (κ2) is 5.34. The second-order valence-corrected chi connectivity index (χ2v) is 7.76. The molecule has 0 saturated heterocycles. The van der Waals surface area contributed by atoms with Gasteiger partial charge >= 0.3 is 0 Å². The van der Waals surface area contributed by atoms with Crippen LogP contribution in [0.2, 0.25) is 0 Å². The van der Waals surface area contributed by atoms with Crippen molar-refractivity contribution in [3.05, 3.63) is 53.0 Å². The maximum absolute atomic E-state index is 12.3. The number of hydrogen-bond donors (Lipinski definition) is 0. The van der Waals surface area contributed by atoms with Gasteiger partial charge < -0.3 is 0 Å². The molecule has 0 bridgehead atoms. The van der Waals surface area contributed by atoms with Crippen LogP contribution in [-0.2, 0) is 0 Å². The summed E-state index contributed by atoms with van der Waals surface area (Å²) in [5.74, 6) is 0.0470. The van der Waals surface area contributed by atoms with Gasteiger partial charge in [0.15, 0.2) is 0 Å². The van der Waals surface area contributed by atoms with E-state index in [1.54, 1.807) is 0 Å². The maximum Gasteiger partial charge on any atom is 0.203 e. The van der Waals surface area contributed by atoms with Crippen LogP contribution in [-0.4, -0.2) is 5.78 Å². The molecule has 1 aromatic carbocycles. The van der Waals surface area contributed by atoms with Crippen molar-refractivity contribution in [2.45, 2.75) is 6.92 Å². The Balaban J connectivity index is 2.43. The van der Waals surface area contributed by atoms with Crippen LogP contribution in [0, 0.1) is 6.92 Å². The summed E-state index contributed by atoms with van der Waals surface area (Å²) in [6, 6.07) is 7.48. The molecule has 0 radical (unpaired) electrons. The van der Waals surface area contributed by atoms with E-state index in [-0.39, 0.29) is 5.78 Å². The molecule has 0 unspecified atom stereocenters. The quantitative estimate of drug-likeness (QED) is 0.560. The van der Waals surface area contributed by atoms with E-state index in [1.165, 1.54) is 11.3 Å². The third kappa shape index (κ3) is 3.08. The summed E-state index contributed by atoms with van der Waals surface area (Å²) in [4.78, 5) is 13.0. The topological polar surface area (TPSA) is 17.1 Å². The van der Waals surface area contributed by atoms with Crippen molar-refractivity contribution in [3.63, 3.8) is 0 Å². The molecule has 0 atom stereocenters. The second-order valence-electron chi connectivity index (χ2n) is 3.55. The Morgan fingerprint density at radius 3 is 2.12 bits per heavy atom. The van der Waals surface area contributed by atoms with Crippen LogP contribution in [0.25, 0.3) is 0 Å². The highest BCUT2D eigenvalue weighted by Crippen LogP contribution is 2.30. The minimum Gasteiger partial charge on any atom is -0.288 e. The predicted molar refractivity (Wildman–Crippen MR) is 82.0 cm³/mol. The Labute approximate surface area is 129 Å². The highest BCUT2D eigenvalue weighted by atomic mass is 79.9. The van der Waals surface area contributed by atoms with E-state index in [9.17, 15) is 4.79 Å². The van der Waals surface area contributed by atoms with Crippen molar-refractivity contribution < 1.29 is 4.79 Å². The molecule has 0 fully saturated rings. The fourth-order valence-electron chi connectivity index (χ4n) is 1.40. The SMILES string of the molecule is Cc1cc(C(=O)c2cc(Br)cc(Br)c2)sc1Br. The van der Waals surface area contributed by atoms with Crippen LogP contribution < -0.4 is 0 Å². The van der Waals surface area contributed by atoms with Gasteiger partial charge in [0.2, 0.25) is 5.78 Å². The zero-order valence-corrected chi connectivity index (χ0v) is 14.3. The predicted octanol–water partition coefficient (Wildman–Crippen LogP) is 5.58. The monoisotopic (exact) mass is 436 g/mol. The summed E-state index contributed by atoms with van der Waals surface area (Å²) in [5, 5.41) is 0. The standard InChI is InChI=1S/C12H7Br3OS/c1-6-2-10(17-12(6)15)11(16)7-3-8(13)5-9(14)4-7/h2-5H,1H3. The van der Waals surface area contributed by atoms with E-state index in [0.29, 0.717) is 5.56 Å². The van der Waals surface area contributed by atoms with Gasteiger partial charge in [0.05, 0.1) is 8.66 Å². The largest absolute Gasteiger partial charge is 0.288 e. The lowest BCUT2D eigenvalue weighted by molar-refractivity contribution is 0.104. The maximum atomic E-state index is 12.3. The molecule has 5 heteroatoms. The molecule has 1 aromatic heterocycles. The number of benzene rings is 1. The van der Waals surface area contributed by atoms with Crippen molar-refractivity contribution in [3.8, 4) is 0 Å². The third-order valence-corrected chi connectivity index (χ3v) is 5.26. The normalized spacial score (nSPS) is 10.6. The van der Waals surface area contributed by atoms with Crippen LogP contribution >= 0.6 is 59.1 Å². The molecule has 0 spiro atoms. The number of aryl methyl sites for hydroxylation is 1. The molecule has 0 amide bonds. The van der Waals surface area contributed by atoms with Gasteiger partial charge in [0, 0.05) is 14.5 Å². The first-order chi connectivity index (χ1) is 7.97. The van der Waals surface area contributed by atoms with E-state index >= 15 is 0 Å². The van der Waals surface area contributed by atoms with Gasteiger partial charge in [-0.2, -0.15) is 0 Å². The smallest absolute Gasteiger partial charge is 0.203 e. The first-order valence-electron chi connectivity index (χ1n) is 4.74. The summed E-state index contributed by atoms with van der Waals surface area (Å²) in [6.07, 6.45) is 0. The van der Waals surface area contributed by atoms with Gasteiger partial charge in [-0.25, -0.2) is 0 Å². The Kier molecular flexibility index (Phi) is 4.23. The lowest BCUT2D eigenvalue weighted by Crippen LogP contribution is -1.98. The van der Waals surface area contributed by atoms with Crippen LogP contribution in [0.1, 0.15) is 20.8 Å². The van der Waals surface area contributed by atoms with Crippen LogP contribution in [0.15, 0.2) is 37.0 Å². The molecule has 2 rings (SSSR count). The summed E-state index contributed by atoms with van der Waals surface area (Å²) in [6.45, 7) is 1.98. The van der Waals surface area contributed by atoms with E-state index in [2.05, 4.69) is 47.8 Å². The number of thiophene rings is 1. The Morgan fingerprint density at radius 2 is 1.65 bits per heavy atom. The van der Waals surface area contributed by atoms with E-state index in [4.69, 9.17) is 0 Å². The van der Waals surface area contributed by atoms with E-state index < -0.39 is 0 Å². The number of carbonyl (C=O) groups excluding carboxylic acids is 1. The van der Waals surface area contributed by atoms with Gasteiger partial charge in [0.25, 0.3) is 0 Å². The molecule has 0 aliphatic carbocycles. The van der Waals surface area contributed by atoms with Crippen molar-refractivity contribution in [1.82, 2.24) is 0 Å². The lowest BCUT2D eigenvalue weighted by atomic mass is 10.1. The molecule has 1 heterocycles. The molecule has 0 aliphatic rings. The molecular formula is C12H7Br3OS. The molecule has 2 aromatic rings. The minimum atomic E-state index is 0.0470. The number of ketones is 1. The minimum absolute atomic E-state index is 0.0470. The average Bonchev–Trinajstić information content (AvgIpc) is 2.57. The Bertz CT molecular complexity index is 550.